The van der Waals surface area contributed by atoms with E-state index >= 15 is 0 Å². The Morgan fingerprint density at radius 1 is 0.872 bits per heavy atom. The second-order valence-electron chi connectivity index (χ2n) is 12.8. The van der Waals surface area contributed by atoms with Gasteiger partial charge in [-0.3, -0.25) is 9.59 Å². The van der Waals surface area contributed by atoms with Crippen molar-refractivity contribution in [3.8, 4) is 11.5 Å². The third-order valence-electron chi connectivity index (χ3n) is 7.79. The highest BCUT2D eigenvalue weighted by Gasteiger charge is 2.37. The fourth-order valence-corrected chi connectivity index (χ4v) is 5.45. The van der Waals surface area contributed by atoms with E-state index in [4.69, 9.17) is 4.74 Å². The van der Waals surface area contributed by atoms with E-state index in [9.17, 15) is 24.6 Å². The second kappa shape index (κ2) is 15.5. The summed E-state index contributed by atoms with van der Waals surface area (Å²) in [5.41, 5.74) is 1.24. The number of nitrogens with zero attached hydrogens (tertiary/aromatic N) is 1. The third-order valence-corrected chi connectivity index (χ3v) is 7.79. The van der Waals surface area contributed by atoms with Crippen molar-refractivity contribution in [3.63, 3.8) is 0 Å². The average Bonchev–Trinajstić information content (AvgIpc) is 3.02. The number of alkyl carbamates (subject to hydrolysis) is 1. The Morgan fingerprint density at radius 3 is 2.26 bits per heavy atom. The molecule has 4 aromatic rings. The van der Waals surface area contributed by atoms with Gasteiger partial charge in [-0.15, -0.1) is 0 Å². The quantitative estimate of drug-likeness (QED) is 0.120. The van der Waals surface area contributed by atoms with Crippen molar-refractivity contribution in [1.82, 2.24) is 10.2 Å². The summed E-state index contributed by atoms with van der Waals surface area (Å²) in [6.07, 6.45) is 1.55. The molecule has 0 aliphatic heterocycles. The van der Waals surface area contributed by atoms with Gasteiger partial charge in [-0.25, -0.2) is 4.79 Å². The van der Waals surface area contributed by atoms with Crippen LogP contribution < -0.4 is 10.6 Å². The van der Waals surface area contributed by atoms with Crippen molar-refractivity contribution in [1.29, 1.82) is 0 Å². The number of ether oxygens (including phenoxy) is 1. The number of aromatic hydroxyl groups is 2. The van der Waals surface area contributed by atoms with E-state index < -0.39 is 35.6 Å². The molecule has 47 heavy (non-hydrogen) atoms. The van der Waals surface area contributed by atoms with Gasteiger partial charge in [0.15, 0.2) is 0 Å². The molecule has 0 bridgehead atoms. The van der Waals surface area contributed by atoms with Gasteiger partial charge in [0.1, 0.15) is 29.2 Å². The van der Waals surface area contributed by atoms with Crippen LogP contribution in [0.5, 0.6) is 11.5 Å². The molecule has 248 valence electrons. The molecule has 4 rings (SSSR count). The molecule has 0 radical (unpaired) electrons. The minimum atomic E-state index is -1.23. The van der Waals surface area contributed by atoms with Gasteiger partial charge < -0.3 is 30.5 Å². The normalized spacial score (nSPS) is 12.6. The van der Waals surface area contributed by atoms with E-state index in [0.717, 1.165) is 23.6 Å². The Labute approximate surface area is 276 Å². The molecule has 2 unspecified atom stereocenters. The summed E-state index contributed by atoms with van der Waals surface area (Å²) in [5, 5.41) is 28.8. The predicted molar refractivity (Wildman–Crippen MR) is 184 cm³/mol. The van der Waals surface area contributed by atoms with Crippen LogP contribution in [0.4, 0.5) is 10.5 Å². The van der Waals surface area contributed by atoms with Crippen LogP contribution in [0.25, 0.3) is 10.8 Å². The Kier molecular flexibility index (Phi) is 11.5. The molecule has 9 heteroatoms. The first kappa shape index (κ1) is 34.8. The van der Waals surface area contributed by atoms with Crippen LogP contribution in [-0.4, -0.2) is 51.2 Å². The molecule has 0 saturated heterocycles. The maximum Gasteiger partial charge on any atom is 0.408 e. The zero-order valence-electron chi connectivity index (χ0n) is 27.7. The number of carbonyl (C=O) groups is 3. The first-order valence-corrected chi connectivity index (χ1v) is 16.0. The topological polar surface area (TPSA) is 128 Å². The van der Waals surface area contributed by atoms with Crippen molar-refractivity contribution < 1.29 is 29.3 Å². The summed E-state index contributed by atoms with van der Waals surface area (Å²) < 4.78 is 5.51. The fraction of sp³-hybridized carbons (Fsp3) is 0.342. The highest BCUT2D eigenvalue weighted by atomic mass is 16.6. The van der Waals surface area contributed by atoms with Crippen molar-refractivity contribution in [3.05, 3.63) is 102 Å². The number of nitrogens with one attached hydrogen (secondary N) is 2. The van der Waals surface area contributed by atoms with Gasteiger partial charge in [-0.2, -0.15) is 0 Å². The lowest BCUT2D eigenvalue weighted by Crippen LogP contribution is -2.53. The number of benzene rings is 4. The first-order valence-electron chi connectivity index (χ1n) is 16.0. The van der Waals surface area contributed by atoms with Gasteiger partial charge in [0.05, 0.1) is 0 Å². The maximum absolute atomic E-state index is 14.7. The van der Waals surface area contributed by atoms with E-state index in [0.29, 0.717) is 23.2 Å². The molecular weight excluding hydrogens is 594 g/mol. The maximum atomic E-state index is 14.7. The summed E-state index contributed by atoms with van der Waals surface area (Å²) in [6, 6.07) is 22.5. The predicted octanol–water partition coefficient (Wildman–Crippen LogP) is 7.39. The lowest BCUT2D eigenvalue weighted by Gasteiger charge is -2.35. The molecule has 9 nitrogen and oxygen atoms in total. The number of rotatable bonds is 12. The number of hydrogen-bond donors (Lipinski definition) is 4. The molecule has 0 heterocycles. The molecule has 3 amide bonds. The number of amides is 3. The molecule has 4 aromatic carbocycles. The molecule has 2 atom stereocenters. The number of unbranched alkanes of at least 4 members (excludes halogenated alkanes) is 2. The molecule has 0 fully saturated rings. The smallest absolute Gasteiger partial charge is 0.408 e. The lowest BCUT2D eigenvalue weighted by molar-refractivity contribution is -0.141. The van der Waals surface area contributed by atoms with Gasteiger partial charge in [-0.05, 0) is 80.3 Å². The highest BCUT2D eigenvalue weighted by Crippen LogP contribution is 2.34. The molecule has 0 saturated carbocycles. The number of phenols is 2. The molecule has 0 aliphatic carbocycles. The third kappa shape index (κ3) is 9.48. The Bertz CT molecular complexity index is 1700. The van der Waals surface area contributed by atoms with Gasteiger partial charge in [0.2, 0.25) is 5.91 Å². The molecule has 0 spiro atoms. The molecule has 0 aliphatic rings. The van der Waals surface area contributed by atoms with Crippen molar-refractivity contribution in [2.24, 2.45) is 0 Å². The van der Waals surface area contributed by atoms with E-state index in [1.54, 1.807) is 64.1 Å². The van der Waals surface area contributed by atoms with Crippen molar-refractivity contribution >= 4 is 34.4 Å². The number of anilines is 1. The number of phenolic OH excluding ortho intramolecular Hbond substituents is 2. The van der Waals surface area contributed by atoms with Crippen LogP contribution in [0.1, 0.15) is 69.7 Å². The Morgan fingerprint density at radius 2 is 1.57 bits per heavy atom. The molecular formula is C38H45N3O6. The van der Waals surface area contributed by atoms with Crippen LogP contribution in [0.2, 0.25) is 0 Å². The highest BCUT2D eigenvalue weighted by molar-refractivity contribution is 6.01. The summed E-state index contributed by atoms with van der Waals surface area (Å²) >= 11 is 0. The fourth-order valence-electron chi connectivity index (χ4n) is 5.45. The molecule has 4 N–H and O–H groups in total. The summed E-state index contributed by atoms with van der Waals surface area (Å²) in [7, 11) is 0. The van der Waals surface area contributed by atoms with Gasteiger partial charge >= 0.3 is 6.09 Å². The largest absolute Gasteiger partial charge is 0.508 e. The van der Waals surface area contributed by atoms with Crippen molar-refractivity contribution in [2.45, 2.75) is 78.0 Å². The minimum absolute atomic E-state index is 0.0678. The van der Waals surface area contributed by atoms with Crippen molar-refractivity contribution in [2.75, 3.05) is 11.9 Å². The van der Waals surface area contributed by atoms with Gasteiger partial charge in [0.25, 0.3) is 5.91 Å². The summed E-state index contributed by atoms with van der Waals surface area (Å²) in [5.74, 6) is -1.04. The van der Waals surface area contributed by atoms with E-state index in [-0.39, 0.29) is 30.0 Å². The Hall–Kier alpha value is -5.05. The van der Waals surface area contributed by atoms with E-state index in [1.165, 1.54) is 17.0 Å². The number of carbonyl (C=O) groups excluding carboxylic acids is 3. The van der Waals surface area contributed by atoms with E-state index in [1.807, 2.05) is 43.3 Å². The first-order chi connectivity index (χ1) is 22.4. The molecule has 0 aromatic heterocycles. The average molecular weight is 640 g/mol. The summed E-state index contributed by atoms with van der Waals surface area (Å²) in [4.78, 5) is 43.6. The number of aryl methyl sites for hydroxylation is 1. The van der Waals surface area contributed by atoms with Crippen LogP contribution in [-0.2, 0) is 20.7 Å². The minimum Gasteiger partial charge on any atom is -0.508 e. The van der Waals surface area contributed by atoms with Crippen LogP contribution in [0, 0.1) is 6.92 Å². The standard InChI is InChI=1S/C38H45N3O6/c1-6-7-10-22-41(36(45)32(40-37(46)47-38(3,4)5)23-26-16-20-30(42)21-17-26)33(31-15-11-12-25(2)34(31)43)35(44)39-29-19-18-27-13-8-9-14-28(27)24-29/h8-9,11-21,24,32-33,42-43H,6-7,10,22-23H2,1-5H3,(H,39,44)(H,40,46). The SMILES string of the molecule is CCCCCN(C(=O)C(Cc1ccc(O)cc1)NC(=O)OC(C)(C)C)C(C(=O)Nc1ccc2ccccc2c1)c1cccc(C)c1O. The zero-order valence-corrected chi connectivity index (χ0v) is 27.7. The van der Waals surface area contributed by atoms with Crippen LogP contribution >= 0.6 is 0 Å². The van der Waals surface area contributed by atoms with Crippen LogP contribution in [0.15, 0.2) is 84.9 Å². The number of hydrogen-bond acceptors (Lipinski definition) is 6. The number of fused-ring (bicyclic) bond motifs is 1. The number of para-hydroxylation sites is 1. The monoisotopic (exact) mass is 639 g/mol. The Balaban J connectivity index is 1.78. The van der Waals surface area contributed by atoms with Crippen LogP contribution in [0.3, 0.4) is 0 Å². The zero-order chi connectivity index (χ0) is 34.1. The van der Waals surface area contributed by atoms with Gasteiger partial charge in [-0.1, -0.05) is 80.4 Å². The van der Waals surface area contributed by atoms with E-state index in [2.05, 4.69) is 10.6 Å². The second-order valence-corrected chi connectivity index (χ2v) is 12.8. The summed E-state index contributed by atoms with van der Waals surface area (Å²) in [6.45, 7) is 9.16. The lowest BCUT2D eigenvalue weighted by atomic mass is 9.97. The van der Waals surface area contributed by atoms with Gasteiger partial charge in [0, 0.05) is 24.2 Å².